The van der Waals surface area contributed by atoms with Gasteiger partial charge in [0.25, 0.3) is 5.91 Å². The number of amides is 1. The number of ether oxygens (including phenoxy) is 1. The van der Waals surface area contributed by atoms with Gasteiger partial charge in [-0.3, -0.25) is 4.79 Å². The number of hydrogen-bond donors (Lipinski definition) is 0. The van der Waals surface area contributed by atoms with E-state index in [2.05, 4.69) is 0 Å². The number of carbonyl (C=O) groups is 2. The van der Waals surface area contributed by atoms with Crippen LogP contribution in [0, 0.1) is 13.8 Å². The van der Waals surface area contributed by atoms with Crippen molar-refractivity contribution in [2.45, 2.75) is 45.2 Å². The van der Waals surface area contributed by atoms with Crippen LogP contribution < -0.4 is 0 Å². The molecule has 1 amide bonds. The summed E-state index contributed by atoms with van der Waals surface area (Å²) in [6.07, 6.45) is 2.19. The van der Waals surface area contributed by atoms with E-state index in [1.807, 2.05) is 48.7 Å². The number of benzene rings is 1. The highest BCUT2D eigenvalue weighted by atomic mass is 32.2. The Hall–Kier alpha value is -2.61. The molecule has 0 bridgehead atoms. The molecule has 1 aromatic heterocycles. The molecular weight excluding hydrogens is 404 g/mol. The van der Waals surface area contributed by atoms with Crippen molar-refractivity contribution in [1.82, 2.24) is 9.47 Å². The highest BCUT2D eigenvalue weighted by Crippen LogP contribution is 2.32. The third-order valence-corrected chi connectivity index (χ3v) is 7.57. The predicted octanol–water partition coefficient (Wildman–Crippen LogP) is 2.43. The van der Waals surface area contributed by atoms with Gasteiger partial charge in [-0.05, 0) is 51.3 Å². The average Bonchev–Trinajstić information content (AvgIpc) is 3.40. The van der Waals surface area contributed by atoms with Crippen molar-refractivity contribution in [1.29, 1.82) is 0 Å². The Balaban J connectivity index is 1.45. The zero-order valence-electron chi connectivity index (χ0n) is 17.2. The van der Waals surface area contributed by atoms with Crippen LogP contribution >= 0.6 is 0 Å². The first kappa shape index (κ1) is 20.7. The van der Waals surface area contributed by atoms with Crippen LogP contribution in [0.2, 0.25) is 0 Å². The number of rotatable bonds is 6. The van der Waals surface area contributed by atoms with E-state index < -0.39 is 15.8 Å². The van der Waals surface area contributed by atoms with Crippen LogP contribution in [0.3, 0.4) is 0 Å². The summed E-state index contributed by atoms with van der Waals surface area (Å²) in [7, 11) is -3.09. The van der Waals surface area contributed by atoms with E-state index in [4.69, 9.17) is 4.74 Å². The summed E-state index contributed by atoms with van der Waals surface area (Å²) in [5, 5.41) is 0. The minimum absolute atomic E-state index is 0.00140. The minimum Gasteiger partial charge on any atom is -0.452 e. The summed E-state index contributed by atoms with van der Waals surface area (Å²) in [5.41, 5.74) is 3.01. The van der Waals surface area contributed by atoms with Gasteiger partial charge in [0.2, 0.25) is 0 Å². The molecule has 0 N–H and O–H groups in total. The minimum atomic E-state index is -3.09. The van der Waals surface area contributed by atoms with Crippen molar-refractivity contribution in [3.63, 3.8) is 0 Å². The van der Waals surface area contributed by atoms with Gasteiger partial charge in [0, 0.05) is 29.2 Å². The molecule has 7 nitrogen and oxygen atoms in total. The van der Waals surface area contributed by atoms with Crippen LogP contribution in [0.15, 0.2) is 36.4 Å². The second kappa shape index (κ2) is 7.91. The highest BCUT2D eigenvalue weighted by Gasteiger charge is 2.42. The zero-order valence-corrected chi connectivity index (χ0v) is 18.0. The fourth-order valence-electron chi connectivity index (χ4n) is 4.28. The topological polar surface area (TPSA) is 85.7 Å². The first-order valence-electron chi connectivity index (χ1n) is 10.2. The fraction of sp³-hybridized carbons (Fsp3) is 0.455. The van der Waals surface area contributed by atoms with Crippen molar-refractivity contribution >= 4 is 21.7 Å². The first-order valence-corrected chi connectivity index (χ1v) is 12.0. The monoisotopic (exact) mass is 430 g/mol. The van der Waals surface area contributed by atoms with Crippen LogP contribution in [0.4, 0.5) is 0 Å². The van der Waals surface area contributed by atoms with E-state index in [0.717, 1.165) is 29.9 Å². The molecule has 2 aromatic rings. The Bertz CT molecular complexity index is 1070. The number of hydrogen-bond acceptors (Lipinski definition) is 5. The molecule has 1 aliphatic heterocycles. The third kappa shape index (κ3) is 4.14. The number of para-hydroxylation sites is 1. The number of aryl methyl sites for hydroxylation is 1. The van der Waals surface area contributed by atoms with Crippen LogP contribution in [0.1, 0.15) is 41.0 Å². The van der Waals surface area contributed by atoms with Crippen molar-refractivity contribution in [3.8, 4) is 5.69 Å². The maximum absolute atomic E-state index is 12.8. The summed E-state index contributed by atoms with van der Waals surface area (Å²) >= 11 is 0. The van der Waals surface area contributed by atoms with Gasteiger partial charge in [0.15, 0.2) is 16.4 Å². The number of nitrogens with zero attached hydrogens (tertiary/aromatic N) is 2. The average molecular weight is 431 g/mol. The van der Waals surface area contributed by atoms with Gasteiger partial charge in [-0.25, -0.2) is 13.2 Å². The molecule has 1 saturated heterocycles. The van der Waals surface area contributed by atoms with E-state index in [-0.39, 0.29) is 36.1 Å². The van der Waals surface area contributed by atoms with E-state index in [0.29, 0.717) is 12.0 Å². The second-order valence-corrected chi connectivity index (χ2v) is 10.3. The summed E-state index contributed by atoms with van der Waals surface area (Å²) < 4.78 is 31.0. The Morgan fingerprint density at radius 1 is 1.10 bits per heavy atom. The summed E-state index contributed by atoms with van der Waals surface area (Å²) in [6.45, 7) is 3.39. The molecule has 1 aromatic carbocycles. The van der Waals surface area contributed by atoms with Crippen LogP contribution in [-0.2, 0) is 19.4 Å². The largest absolute Gasteiger partial charge is 0.452 e. The van der Waals surface area contributed by atoms with Crippen molar-refractivity contribution in [2.24, 2.45) is 0 Å². The Labute approximate surface area is 176 Å². The van der Waals surface area contributed by atoms with Gasteiger partial charge >= 0.3 is 5.97 Å². The van der Waals surface area contributed by atoms with Gasteiger partial charge in [-0.15, -0.1) is 0 Å². The van der Waals surface area contributed by atoms with Gasteiger partial charge in [0.1, 0.15) is 0 Å². The summed E-state index contributed by atoms with van der Waals surface area (Å²) in [4.78, 5) is 27.1. The molecule has 1 atom stereocenters. The molecule has 8 heteroatoms. The lowest BCUT2D eigenvalue weighted by molar-refractivity contribution is -0.137. The molecule has 2 fully saturated rings. The fourth-order valence-corrected chi connectivity index (χ4v) is 5.99. The van der Waals surface area contributed by atoms with Gasteiger partial charge < -0.3 is 14.2 Å². The molecule has 160 valence electrons. The Morgan fingerprint density at radius 2 is 1.80 bits per heavy atom. The second-order valence-electron chi connectivity index (χ2n) is 8.12. The summed E-state index contributed by atoms with van der Waals surface area (Å²) in [6, 6.07) is 11.2. The van der Waals surface area contributed by atoms with Crippen LogP contribution in [0.25, 0.3) is 5.69 Å². The SMILES string of the molecule is Cc1cc(C(=O)OCC(=O)N(C2CC2)C2CCS(=O)(=O)C2)c(C)n1-c1ccccc1. The Morgan fingerprint density at radius 3 is 2.40 bits per heavy atom. The van der Waals surface area contributed by atoms with Crippen LogP contribution in [-0.4, -0.2) is 60.0 Å². The van der Waals surface area contributed by atoms with Gasteiger partial charge in [-0.2, -0.15) is 0 Å². The Kier molecular flexibility index (Phi) is 5.44. The number of carbonyl (C=O) groups excluding carboxylic acids is 2. The molecule has 0 radical (unpaired) electrons. The molecule has 30 heavy (non-hydrogen) atoms. The van der Waals surface area contributed by atoms with Gasteiger partial charge in [-0.1, -0.05) is 18.2 Å². The van der Waals surface area contributed by atoms with Crippen molar-refractivity contribution < 1.29 is 22.7 Å². The molecule has 0 spiro atoms. The smallest absolute Gasteiger partial charge is 0.340 e. The van der Waals surface area contributed by atoms with E-state index in [1.54, 1.807) is 11.0 Å². The molecule has 2 aliphatic rings. The van der Waals surface area contributed by atoms with Crippen LogP contribution in [0.5, 0.6) is 0 Å². The molecule has 1 saturated carbocycles. The standard InChI is InChI=1S/C22H26N2O5S/c1-15-12-20(16(2)23(15)17-6-4-3-5-7-17)22(26)29-13-21(25)24(18-8-9-18)19-10-11-30(27,28)14-19/h3-7,12,18-19H,8-11,13-14H2,1-2H3. The molecule has 1 aliphatic carbocycles. The lowest BCUT2D eigenvalue weighted by Crippen LogP contribution is -2.44. The van der Waals surface area contributed by atoms with E-state index >= 15 is 0 Å². The quantitative estimate of drug-likeness (QED) is 0.657. The van der Waals surface area contributed by atoms with Gasteiger partial charge in [0.05, 0.1) is 17.1 Å². The predicted molar refractivity (Wildman–Crippen MR) is 112 cm³/mol. The maximum Gasteiger partial charge on any atom is 0.340 e. The van der Waals surface area contributed by atoms with Crippen molar-refractivity contribution in [3.05, 3.63) is 53.3 Å². The number of sulfone groups is 1. The van der Waals surface area contributed by atoms with Crippen molar-refractivity contribution in [2.75, 3.05) is 18.1 Å². The first-order chi connectivity index (χ1) is 14.3. The zero-order chi connectivity index (χ0) is 21.5. The summed E-state index contributed by atoms with van der Waals surface area (Å²) in [5.74, 6) is -0.751. The highest BCUT2D eigenvalue weighted by molar-refractivity contribution is 7.91. The maximum atomic E-state index is 12.8. The molecule has 2 heterocycles. The molecular formula is C22H26N2O5S. The number of esters is 1. The molecule has 1 unspecified atom stereocenters. The lowest BCUT2D eigenvalue weighted by atomic mass is 10.2. The lowest BCUT2D eigenvalue weighted by Gasteiger charge is -2.28. The number of aromatic nitrogens is 1. The molecule has 4 rings (SSSR count). The third-order valence-electron chi connectivity index (χ3n) is 5.82. The van der Waals surface area contributed by atoms with E-state index in [9.17, 15) is 18.0 Å². The normalized spacial score (nSPS) is 20.1. The van der Waals surface area contributed by atoms with E-state index in [1.165, 1.54) is 0 Å².